The lowest BCUT2D eigenvalue weighted by atomic mass is 9.95. The Labute approximate surface area is 636 Å². The SMILES string of the molecule is C=CC(C)(CC/C=C(/C)CC/C=C(/C)CC(O)/C=C(/C)C(=O)OC1C(OCC2OC(OC3C(O)C(C)OC(OC/C(C)=C/CC/C(C)=C\CC/C(C)=C/CCC(C)(C=C)OC4OC(CO)C(O)C(O)C4OC4OC(CO)C(O)C(O)C4O)C3O)C(O)C(O)C2O)OC(C)C(O)C1O)OC1OC(CO)C(O)C(O)C1O. The van der Waals surface area contributed by atoms with Gasteiger partial charge in [0, 0.05) is 5.57 Å². The second-order valence-electron chi connectivity index (χ2n) is 30.0. The van der Waals surface area contributed by atoms with Crippen LogP contribution in [-0.2, 0) is 66.4 Å². The Morgan fingerprint density at radius 2 is 0.807 bits per heavy atom. The molecule has 0 amide bonds. The van der Waals surface area contributed by atoms with Crippen molar-refractivity contribution in [1.82, 2.24) is 0 Å². The van der Waals surface area contributed by atoms with Crippen molar-refractivity contribution in [2.24, 2.45) is 0 Å². The van der Waals surface area contributed by atoms with E-state index in [4.69, 9.17) is 61.6 Å². The first-order valence-electron chi connectivity index (χ1n) is 37.3. The average Bonchev–Trinajstić information content (AvgIpc) is 0.793. The molecule has 0 aromatic heterocycles. The highest BCUT2D eigenvalue weighted by atomic mass is 16.8. The Bertz CT molecular complexity index is 3000. The minimum atomic E-state index is -1.94. The predicted molar refractivity (Wildman–Crippen MR) is 385 cm³/mol. The third kappa shape index (κ3) is 26.1. The van der Waals surface area contributed by atoms with Crippen molar-refractivity contribution in [3.05, 3.63) is 95.2 Å². The van der Waals surface area contributed by atoms with Crippen LogP contribution in [0.1, 0.15) is 140 Å². The van der Waals surface area contributed by atoms with E-state index in [-0.39, 0.29) is 18.6 Å². The van der Waals surface area contributed by atoms with E-state index in [1.165, 1.54) is 32.9 Å². The molecule has 0 spiro atoms. The summed E-state index contributed by atoms with van der Waals surface area (Å²) in [5.74, 6) is -1.01. The third-order valence-electron chi connectivity index (χ3n) is 20.8. The second-order valence-corrected chi connectivity index (χ2v) is 30.0. The number of hydrogen-bond donors (Lipinski definition) is 19. The number of aliphatic hydroxyl groups is 19. The first-order valence-corrected chi connectivity index (χ1v) is 37.3. The molecule has 0 radical (unpaired) electrons. The summed E-state index contributed by atoms with van der Waals surface area (Å²) < 4.78 is 76.0. The summed E-state index contributed by atoms with van der Waals surface area (Å²) in [4.78, 5) is 13.6. The molecule has 33 unspecified atom stereocenters. The largest absolute Gasteiger partial charge is 0.451 e. The Hall–Kier alpha value is -3.85. The van der Waals surface area contributed by atoms with E-state index < -0.39 is 234 Å². The van der Waals surface area contributed by atoms with Gasteiger partial charge in [-0.2, -0.15) is 0 Å². The fourth-order valence-electron chi connectivity index (χ4n) is 13.3. The van der Waals surface area contributed by atoms with Crippen LogP contribution in [-0.4, -0.2) is 338 Å². The molecule has 33 nitrogen and oxygen atoms in total. The molecule has 19 N–H and O–H groups in total. The third-order valence-corrected chi connectivity index (χ3v) is 20.8. The zero-order valence-electron chi connectivity index (χ0n) is 64.0. The van der Waals surface area contributed by atoms with E-state index in [0.717, 1.165) is 40.7 Å². The van der Waals surface area contributed by atoms with Crippen molar-refractivity contribution in [2.45, 2.75) is 341 Å². The summed E-state index contributed by atoms with van der Waals surface area (Å²) in [6, 6.07) is 0. The first-order chi connectivity index (χ1) is 51.3. The van der Waals surface area contributed by atoms with Crippen LogP contribution in [0.4, 0.5) is 0 Å². The molecule has 6 aliphatic heterocycles. The molecule has 6 heterocycles. The number of esters is 1. The molecule has 6 fully saturated rings. The van der Waals surface area contributed by atoms with Gasteiger partial charge in [0.05, 0.1) is 62.5 Å². The van der Waals surface area contributed by atoms with E-state index in [1.54, 1.807) is 19.9 Å². The molecule has 0 saturated carbocycles. The molecule has 0 aliphatic carbocycles. The molecular weight excluding hydrogens is 1440 g/mol. The summed E-state index contributed by atoms with van der Waals surface area (Å²) in [6.45, 7) is 22.4. The lowest BCUT2D eigenvalue weighted by Crippen LogP contribution is -2.65. The molecule has 6 saturated heterocycles. The van der Waals surface area contributed by atoms with Gasteiger partial charge in [0.15, 0.2) is 43.8 Å². The molecular formula is C76H124O33. The van der Waals surface area contributed by atoms with Gasteiger partial charge < -0.3 is 159 Å². The predicted octanol–water partition coefficient (Wildman–Crippen LogP) is -1.27. The normalized spacial score (nSPS) is 39.8. The van der Waals surface area contributed by atoms with Crippen molar-refractivity contribution >= 4 is 5.97 Å². The minimum absolute atomic E-state index is 0.00625. The lowest BCUT2D eigenvalue weighted by Gasteiger charge is -2.47. The lowest BCUT2D eigenvalue weighted by molar-refractivity contribution is -0.375. The van der Waals surface area contributed by atoms with Crippen LogP contribution in [0.25, 0.3) is 0 Å². The molecule has 626 valence electrons. The maximum atomic E-state index is 13.6. The summed E-state index contributed by atoms with van der Waals surface area (Å²) >= 11 is 0. The smallest absolute Gasteiger partial charge is 0.334 e. The van der Waals surface area contributed by atoms with Gasteiger partial charge in [0.2, 0.25) is 0 Å². The summed E-state index contributed by atoms with van der Waals surface area (Å²) in [6.07, 6.45) is -27.7. The number of ether oxygens (including phenoxy) is 13. The van der Waals surface area contributed by atoms with Crippen LogP contribution in [0.5, 0.6) is 0 Å². The monoisotopic (exact) mass is 1560 g/mol. The van der Waals surface area contributed by atoms with Crippen LogP contribution >= 0.6 is 0 Å². The number of rotatable bonds is 39. The van der Waals surface area contributed by atoms with Gasteiger partial charge >= 0.3 is 5.97 Å². The number of hydrogen-bond acceptors (Lipinski definition) is 33. The van der Waals surface area contributed by atoms with Crippen LogP contribution in [0.2, 0.25) is 0 Å². The maximum Gasteiger partial charge on any atom is 0.334 e. The van der Waals surface area contributed by atoms with Gasteiger partial charge in [-0.1, -0.05) is 70.4 Å². The highest BCUT2D eigenvalue weighted by molar-refractivity contribution is 5.88. The zero-order chi connectivity index (χ0) is 81.1. The average molecular weight is 1570 g/mol. The number of carbonyl (C=O) groups is 1. The van der Waals surface area contributed by atoms with Crippen LogP contribution in [0.3, 0.4) is 0 Å². The van der Waals surface area contributed by atoms with Crippen molar-refractivity contribution in [3.8, 4) is 0 Å². The Morgan fingerprint density at radius 3 is 1.31 bits per heavy atom. The second kappa shape index (κ2) is 43.8. The molecule has 6 rings (SSSR count). The highest BCUT2D eigenvalue weighted by Gasteiger charge is 2.55. The van der Waals surface area contributed by atoms with Gasteiger partial charge in [-0.25, -0.2) is 4.79 Å². The van der Waals surface area contributed by atoms with Gasteiger partial charge in [0.25, 0.3) is 0 Å². The molecule has 6 aliphatic rings. The summed E-state index contributed by atoms with van der Waals surface area (Å²) in [5.41, 5.74) is 2.67. The maximum absolute atomic E-state index is 13.6. The van der Waals surface area contributed by atoms with Crippen LogP contribution < -0.4 is 0 Å². The molecule has 109 heavy (non-hydrogen) atoms. The van der Waals surface area contributed by atoms with Crippen molar-refractivity contribution in [2.75, 3.05) is 33.0 Å². The van der Waals surface area contributed by atoms with Crippen molar-refractivity contribution in [1.29, 1.82) is 0 Å². The quantitative estimate of drug-likeness (QED) is 0.0194. The van der Waals surface area contributed by atoms with E-state index in [0.29, 0.717) is 51.4 Å². The van der Waals surface area contributed by atoms with Gasteiger partial charge in [0.1, 0.15) is 128 Å². The Kier molecular flexibility index (Phi) is 37.7. The topological polar surface area (TPSA) is 521 Å². The number of aliphatic hydroxyl groups excluding tert-OH is 19. The Balaban J connectivity index is 0.941. The fourth-order valence-corrected chi connectivity index (χ4v) is 13.3. The minimum Gasteiger partial charge on any atom is -0.451 e. The fraction of sp³-hybridized carbons (Fsp3) is 0.776. The van der Waals surface area contributed by atoms with Crippen molar-refractivity contribution in [3.63, 3.8) is 0 Å². The summed E-state index contributed by atoms with van der Waals surface area (Å²) in [7, 11) is 0. The summed E-state index contributed by atoms with van der Waals surface area (Å²) in [5, 5.41) is 202. The van der Waals surface area contributed by atoms with Crippen LogP contribution in [0.15, 0.2) is 95.2 Å². The van der Waals surface area contributed by atoms with E-state index >= 15 is 0 Å². The standard InChI is InChI=1S/C76H124O33/c1-13-75(11,108-72-63(94)57(88)53(84)47(33-78)102-72)28-18-26-39(5)22-16-24-40(6)30-45(80)31-42(8)68(96)105-66-59(90)50(81)43(9)100-73(66)98-36-49-55(86)58(89)62(93)71(104-49)106-65-51(82)44(10)99-69(64(65)95)97-35-41(7)25-17-23-37(3)20-15-21-38(4)27-19-29-76(12,14-2)109-74-67(60(91)54(85)48(34-79)103-74)107-70-61(92)56(87)52(83)46(32-77)101-70/h13-14,20,24-27,31,43-67,69-74,77-95H,1-2,15-19,21-23,28-30,32-36H2,3-12H3/b37-20-,38-27+,39-26-,40-24-,41-25+,42-31-. The van der Waals surface area contributed by atoms with Gasteiger partial charge in [-0.3, -0.25) is 0 Å². The number of carbonyl (C=O) groups excluding carboxylic acids is 1. The van der Waals surface area contributed by atoms with E-state index in [2.05, 4.69) is 19.2 Å². The Morgan fingerprint density at radius 1 is 0.413 bits per heavy atom. The molecule has 33 atom stereocenters. The molecule has 0 aromatic carbocycles. The molecule has 33 heteroatoms. The van der Waals surface area contributed by atoms with Gasteiger partial charge in [-0.15, -0.1) is 13.2 Å². The zero-order valence-corrected chi connectivity index (χ0v) is 64.0. The first kappa shape index (κ1) is 94.0. The molecule has 0 bridgehead atoms. The van der Waals surface area contributed by atoms with Crippen molar-refractivity contribution < 1.29 is 163 Å². The van der Waals surface area contributed by atoms with Gasteiger partial charge in [-0.05, 0) is 146 Å². The van der Waals surface area contributed by atoms with Crippen LogP contribution in [0, 0.1) is 0 Å². The van der Waals surface area contributed by atoms with E-state index in [1.807, 2.05) is 58.9 Å². The number of allylic oxidation sites excluding steroid dienone is 8. The molecule has 0 aromatic rings. The highest BCUT2D eigenvalue weighted by Crippen LogP contribution is 2.37. The van der Waals surface area contributed by atoms with E-state index in [9.17, 15) is 102 Å².